The highest BCUT2D eigenvalue weighted by Crippen LogP contribution is 2.38. The Morgan fingerprint density at radius 1 is 0.913 bits per heavy atom. The van der Waals surface area contributed by atoms with Crippen molar-refractivity contribution < 1.29 is 14.2 Å². The van der Waals surface area contributed by atoms with Crippen molar-refractivity contribution in [3.63, 3.8) is 0 Å². The highest BCUT2D eigenvalue weighted by molar-refractivity contribution is 5.95. The van der Waals surface area contributed by atoms with Gasteiger partial charge in [0.25, 0.3) is 0 Å². The van der Waals surface area contributed by atoms with Crippen molar-refractivity contribution in [3.05, 3.63) is 42.0 Å². The van der Waals surface area contributed by atoms with Crippen molar-refractivity contribution in [2.24, 2.45) is 0 Å². The Kier molecular flexibility index (Phi) is 3.82. The molecule has 116 valence electrons. The molecule has 1 N–H and O–H groups in total. The quantitative estimate of drug-likeness (QED) is 0.797. The van der Waals surface area contributed by atoms with Gasteiger partial charge in [-0.15, -0.1) is 0 Å². The average Bonchev–Trinajstić information content (AvgIpc) is 2.98. The van der Waals surface area contributed by atoms with Crippen LogP contribution in [0.15, 0.2) is 36.4 Å². The minimum Gasteiger partial charge on any atom is -0.497 e. The van der Waals surface area contributed by atoms with E-state index >= 15 is 0 Å². The van der Waals surface area contributed by atoms with Gasteiger partial charge in [-0.3, -0.25) is 0 Å². The van der Waals surface area contributed by atoms with Gasteiger partial charge in [0.15, 0.2) is 0 Å². The summed E-state index contributed by atoms with van der Waals surface area (Å²) in [6.45, 7) is 0. The summed E-state index contributed by atoms with van der Waals surface area (Å²) in [7, 11) is 4.81. The molecule has 0 aliphatic heterocycles. The summed E-state index contributed by atoms with van der Waals surface area (Å²) in [5.41, 5.74) is 2.89. The molecule has 0 atom stereocenters. The summed E-state index contributed by atoms with van der Waals surface area (Å²) in [5, 5.41) is 10.4. The maximum Gasteiger partial charge on any atom is 0.128 e. The Balaban J connectivity index is 2.30. The zero-order valence-electron chi connectivity index (χ0n) is 13.1. The maximum atomic E-state index is 9.64. The number of hydrogen-bond donors (Lipinski definition) is 1. The molecule has 0 fully saturated rings. The lowest BCUT2D eigenvalue weighted by atomic mass is 10.0. The van der Waals surface area contributed by atoms with Crippen molar-refractivity contribution >= 4 is 10.9 Å². The molecule has 0 amide bonds. The number of ether oxygens (including phenoxy) is 3. The van der Waals surface area contributed by atoms with E-state index in [1.165, 1.54) is 0 Å². The largest absolute Gasteiger partial charge is 0.497 e. The summed E-state index contributed by atoms with van der Waals surface area (Å²) >= 11 is 0. The maximum absolute atomic E-state index is 9.64. The van der Waals surface area contributed by atoms with Gasteiger partial charge in [0.1, 0.15) is 23.3 Å². The number of nitrogens with zero attached hydrogens (tertiary/aromatic N) is 1. The van der Waals surface area contributed by atoms with Crippen LogP contribution in [-0.4, -0.2) is 26.3 Å². The van der Waals surface area contributed by atoms with E-state index in [1.807, 2.05) is 36.4 Å². The Morgan fingerprint density at radius 2 is 1.61 bits per heavy atom. The number of benzene rings is 2. The zero-order valence-corrected chi connectivity index (χ0v) is 13.1. The van der Waals surface area contributed by atoms with E-state index in [2.05, 4.69) is 11.1 Å². The Hall–Kier alpha value is -3.13. The summed E-state index contributed by atoms with van der Waals surface area (Å²) < 4.78 is 16.0. The molecule has 5 nitrogen and oxygen atoms in total. The fourth-order valence-corrected chi connectivity index (χ4v) is 2.63. The van der Waals surface area contributed by atoms with Crippen molar-refractivity contribution in [2.45, 2.75) is 0 Å². The second kappa shape index (κ2) is 5.93. The molecule has 0 spiro atoms. The van der Waals surface area contributed by atoms with Crippen LogP contribution in [0, 0.1) is 11.3 Å². The standard InChI is InChI=1S/C18H16N2O3/c1-21-11-4-6-16-13(8-11)15(10-19)18(20-16)14-9-12(22-2)5-7-17(14)23-3/h4-9,20H,1-3H3. The van der Waals surface area contributed by atoms with E-state index in [9.17, 15) is 5.26 Å². The van der Waals surface area contributed by atoms with Gasteiger partial charge >= 0.3 is 0 Å². The van der Waals surface area contributed by atoms with Crippen LogP contribution in [0.4, 0.5) is 0 Å². The zero-order chi connectivity index (χ0) is 16.4. The molecule has 3 rings (SSSR count). The first-order valence-corrected chi connectivity index (χ1v) is 7.04. The fourth-order valence-electron chi connectivity index (χ4n) is 2.63. The van der Waals surface area contributed by atoms with Gasteiger partial charge in [0.05, 0.1) is 32.6 Å². The van der Waals surface area contributed by atoms with Crippen LogP contribution in [0.3, 0.4) is 0 Å². The van der Waals surface area contributed by atoms with Crippen molar-refractivity contribution in [3.8, 4) is 34.6 Å². The number of aromatic nitrogens is 1. The number of hydrogen-bond acceptors (Lipinski definition) is 4. The molecule has 0 saturated heterocycles. The second-order valence-electron chi connectivity index (χ2n) is 4.96. The Bertz CT molecular complexity index is 907. The molecule has 0 unspecified atom stereocenters. The molecule has 23 heavy (non-hydrogen) atoms. The smallest absolute Gasteiger partial charge is 0.128 e. The minimum atomic E-state index is 0.547. The second-order valence-corrected chi connectivity index (χ2v) is 4.96. The van der Waals surface area contributed by atoms with Gasteiger partial charge in [-0.1, -0.05) is 0 Å². The third-order valence-electron chi connectivity index (χ3n) is 3.79. The summed E-state index contributed by atoms with van der Waals surface area (Å²) in [6, 6.07) is 13.4. The predicted octanol–water partition coefficient (Wildman–Crippen LogP) is 3.73. The van der Waals surface area contributed by atoms with E-state index < -0.39 is 0 Å². The van der Waals surface area contributed by atoms with Crippen LogP contribution < -0.4 is 14.2 Å². The van der Waals surface area contributed by atoms with Crippen molar-refractivity contribution in [2.75, 3.05) is 21.3 Å². The molecule has 0 bridgehead atoms. The number of nitrogens with one attached hydrogen (secondary N) is 1. The van der Waals surface area contributed by atoms with Gasteiger partial charge in [-0.2, -0.15) is 5.26 Å². The Morgan fingerprint density at radius 3 is 2.26 bits per heavy atom. The van der Waals surface area contributed by atoms with Crippen molar-refractivity contribution in [1.82, 2.24) is 4.98 Å². The third-order valence-corrected chi connectivity index (χ3v) is 3.79. The van der Waals surface area contributed by atoms with Crippen LogP contribution >= 0.6 is 0 Å². The molecule has 0 saturated carbocycles. The van der Waals surface area contributed by atoms with Crippen LogP contribution in [0.25, 0.3) is 22.2 Å². The fraction of sp³-hybridized carbons (Fsp3) is 0.167. The minimum absolute atomic E-state index is 0.547. The normalized spacial score (nSPS) is 10.3. The first-order chi connectivity index (χ1) is 11.2. The van der Waals surface area contributed by atoms with E-state index in [-0.39, 0.29) is 0 Å². The molecule has 1 aromatic heterocycles. The van der Waals surface area contributed by atoms with Gasteiger partial charge in [-0.05, 0) is 36.4 Å². The van der Waals surface area contributed by atoms with Crippen LogP contribution in [-0.2, 0) is 0 Å². The molecule has 0 aliphatic rings. The summed E-state index contributed by atoms with van der Waals surface area (Å²) in [6.07, 6.45) is 0. The van der Waals surface area contributed by atoms with Gasteiger partial charge in [-0.25, -0.2) is 0 Å². The lowest BCUT2D eigenvalue weighted by Crippen LogP contribution is -1.91. The molecule has 1 heterocycles. The first kappa shape index (κ1) is 14.8. The lowest BCUT2D eigenvalue weighted by Gasteiger charge is -2.09. The van der Waals surface area contributed by atoms with Crippen molar-refractivity contribution in [1.29, 1.82) is 5.26 Å². The predicted molar refractivity (Wildman–Crippen MR) is 88.1 cm³/mol. The molecule has 2 aromatic carbocycles. The first-order valence-electron chi connectivity index (χ1n) is 7.04. The van der Waals surface area contributed by atoms with E-state index in [4.69, 9.17) is 14.2 Å². The number of nitriles is 1. The average molecular weight is 308 g/mol. The molecule has 0 aliphatic carbocycles. The van der Waals surface area contributed by atoms with Crippen LogP contribution in [0.1, 0.15) is 5.56 Å². The van der Waals surface area contributed by atoms with E-state index in [1.54, 1.807) is 21.3 Å². The van der Waals surface area contributed by atoms with Gasteiger partial charge < -0.3 is 19.2 Å². The number of H-pyrrole nitrogens is 1. The molecule has 3 aromatic rings. The van der Waals surface area contributed by atoms with Crippen LogP contribution in [0.2, 0.25) is 0 Å². The molecule has 5 heteroatoms. The van der Waals surface area contributed by atoms with E-state index in [0.29, 0.717) is 28.5 Å². The topological polar surface area (TPSA) is 67.3 Å². The number of fused-ring (bicyclic) bond motifs is 1. The van der Waals surface area contributed by atoms with Gasteiger partial charge in [0, 0.05) is 16.5 Å². The highest BCUT2D eigenvalue weighted by Gasteiger charge is 2.17. The monoisotopic (exact) mass is 308 g/mol. The molecular weight excluding hydrogens is 292 g/mol. The molecule has 0 radical (unpaired) electrons. The number of aromatic amines is 1. The van der Waals surface area contributed by atoms with Gasteiger partial charge in [0.2, 0.25) is 0 Å². The SMILES string of the molecule is COc1ccc(OC)c(-c2[nH]c3ccc(OC)cc3c2C#N)c1. The Labute approximate surface area is 134 Å². The van der Waals surface area contributed by atoms with E-state index in [0.717, 1.165) is 16.5 Å². The lowest BCUT2D eigenvalue weighted by molar-refractivity contribution is 0.404. The number of methoxy groups -OCH3 is 3. The third kappa shape index (κ3) is 2.44. The highest BCUT2D eigenvalue weighted by atomic mass is 16.5. The summed E-state index contributed by atoms with van der Waals surface area (Å²) in [4.78, 5) is 3.30. The summed E-state index contributed by atoms with van der Waals surface area (Å²) in [5.74, 6) is 2.07. The molecular formula is C18H16N2O3. The van der Waals surface area contributed by atoms with Crippen LogP contribution in [0.5, 0.6) is 17.2 Å². The number of rotatable bonds is 4.